The van der Waals surface area contributed by atoms with Gasteiger partial charge in [0.05, 0.1) is 11.2 Å². The van der Waals surface area contributed by atoms with Crippen LogP contribution in [0, 0.1) is 11.3 Å². The number of pyridine rings is 1. The Hall–Kier alpha value is -2.04. The number of allylic oxidation sites excluding steroid dienone is 1. The largest absolute Gasteiger partial charge is 0.359 e. The van der Waals surface area contributed by atoms with E-state index in [0.29, 0.717) is 24.4 Å². The Labute approximate surface area is 208 Å². The number of hydrogen-bond donors (Lipinski definition) is 0. The van der Waals surface area contributed by atoms with Gasteiger partial charge in [-0.05, 0) is 110 Å². The summed E-state index contributed by atoms with van der Waals surface area (Å²) in [5.41, 5.74) is 4.40. The molecule has 1 saturated heterocycles. The number of nitrogens with zero attached hydrogens (tertiary/aromatic N) is 2. The fourth-order valence-electron chi connectivity index (χ4n) is 8.94. The van der Waals surface area contributed by atoms with Crippen LogP contribution in [0.15, 0.2) is 60.0 Å². The van der Waals surface area contributed by atoms with Gasteiger partial charge in [0.25, 0.3) is 0 Å². The Morgan fingerprint density at radius 2 is 2.06 bits per heavy atom. The van der Waals surface area contributed by atoms with E-state index in [0.717, 1.165) is 38.5 Å². The van der Waals surface area contributed by atoms with Crippen LogP contribution in [-0.4, -0.2) is 47.4 Å². The predicted molar refractivity (Wildman–Crippen MR) is 138 cm³/mol. The number of halogens is 1. The van der Waals surface area contributed by atoms with Crippen LogP contribution in [0.25, 0.3) is 10.8 Å². The number of ether oxygens (including phenoxy) is 1. The minimum Gasteiger partial charge on any atom is -0.359 e. The molecule has 2 spiro atoms. The molecule has 35 heavy (non-hydrogen) atoms. The molecule has 0 N–H and O–H groups in total. The van der Waals surface area contributed by atoms with Gasteiger partial charge in [-0.2, -0.15) is 0 Å². The minimum absolute atomic E-state index is 0.129. The lowest BCUT2D eigenvalue weighted by molar-refractivity contribution is -0.140. The number of benzene rings is 1. The first-order valence-electron chi connectivity index (χ1n) is 13.7. The highest BCUT2D eigenvalue weighted by atomic mass is 19.1. The molecule has 6 atom stereocenters. The first-order chi connectivity index (χ1) is 17.0. The molecule has 3 nitrogen and oxygen atoms in total. The molecular weight excluding hydrogens is 435 g/mol. The first kappa shape index (κ1) is 22.2. The van der Waals surface area contributed by atoms with Gasteiger partial charge in [0.15, 0.2) is 0 Å². The molecule has 184 valence electrons. The lowest BCUT2D eigenvalue weighted by Gasteiger charge is -2.55. The van der Waals surface area contributed by atoms with Crippen LogP contribution in [0.2, 0.25) is 0 Å². The normalized spacial score (nSPS) is 39.7. The number of alkyl halides is 1. The lowest BCUT2D eigenvalue weighted by Crippen LogP contribution is -2.55. The van der Waals surface area contributed by atoms with Crippen molar-refractivity contribution in [3.8, 4) is 0 Å². The molecule has 3 aliphatic carbocycles. The maximum absolute atomic E-state index is 13.1. The molecule has 2 bridgehead atoms. The average molecular weight is 473 g/mol. The molecule has 0 radical (unpaired) electrons. The zero-order chi connectivity index (χ0) is 23.8. The number of rotatable bonds is 4. The van der Waals surface area contributed by atoms with Crippen molar-refractivity contribution < 1.29 is 9.13 Å². The third kappa shape index (κ3) is 3.05. The van der Waals surface area contributed by atoms with Crippen molar-refractivity contribution >= 4 is 10.8 Å². The molecule has 2 aromatic rings. The van der Waals surface area contributed by atoms with E-state index < -0.39 is 0 Å². The smallest absolute Gasteiger partial charge is 0.102 e. The zero-order valence-electron chi connectivity index (χ0n) is 21.1. The first-order valence-corrected chi connectivity index (χ1v) is 13.7. The summed E-state index contributed by atoms with van der Waals surface area (Å²) in [6.45, 7) is 2.80. The number of aromatic nitrogens is 1. The van der Waals surface area contributed by atoms with E-state index in [1.54, 1.807) is 0 Å². The van der Waals surface area contributed by atoms with E-state index in [1.807, 2.05) is 12.4 Å². The highest BCUT2D eigenvalue weighted by Gasteiger charge is 2.66. The molecule has 1 aromatic carbocycles. The van der Waals surface area contributed by atoms with Crippen LogP contribution in [0.1, 0.15) is 69.8 Å². The van der Waals surface area contributed by atoms with E-state index in [2.05, 4.69) is 60.3 Å². The van der Waals surface area contributed by atoms with Gasteiger partial charge in [-0.15, -0.1) is 0 Å². The summed E-state index contributed by atoms with van der Waals surface area (Å²) < 4.78 is 20.5. The molecular formula is C31H37FN2O. The van der Waals surface area contributed by atoms with Gasteiger partial charge in [-0.3, -0.25) is 4.98 Å². The van der Waals surface area contributed by atoms with E-state index in [-0.39, 0.29) is 23.3 Å². The Balaban J connectivity index is 1.24. The fraction of sp³-hybridized carbons (Fsp3) is 0.581. The van der Waals surface area contributed by atoms with Gasteiger partial charge in [-0.1, -0.05) is 31.2 Å². The van der Waals surface area contributed by atoms with Gasteiger partial charge in [0.1, 0.15) is 6.67 Å². The van der Waals surface area contributed by atoms with Crippen LogP contribution in [0.5, 0.6) is 0 Å². The standard InChI is InChI=1S/C31H37FN2O/c1-29-11-9-25-18-24-5-6-26(34(2)16-14-32)19-30(24)12-13-31(25,35-30)28(29)8-7-27(29)22-4-3-21-10-15-33-20-23(21)17-22/h3-4,9-10,15,17-18,20,26-28H,5-8,11-14,16,19H2,1-2H3/t26-,27?,28-,29-,30?,31-/m1/s1. The van der Waals surface area contributed by atoms with Crippen molar-refractivity contribution in [3.05, 3.63) is 65.5 Å². The second kappa shape index (κ2) is 7.73. The molecule has 2 saturated carbocycles. The van der Waals surface area contributed by atoms with Gasteiger partial charge >= 0.3 is 0 Å². The monoisotopic (exact) mass is 472 g/mol. The third-order valence-corrected chi connectivity index (χ3v) is 10.8. The quantitative estimate of drug-likeness (QED) is 0.492. The topological polar surface area (TPSA) is 25.4 Å². The second-order valence-corrected chi connectivity index (χ2v) is 12.3. The Kier molecular flexibility index (Phi) is 4.90. The van der Waals surface area contributed by atoms with E-state index >= 15 is 0 Å². The second-order valence-electron chi connectivity index (χ2n) is 12.3. The van der Waals surface area contributed by atoms with Crippen molar-refractivity contribution in [2.45, 2.75) is 81.5 Å². The number of fused-ring (bicyclic) bond motifs is 2. The van der Waals surface area contributed by atoms with Crippen LogP contribution >= 0.6 is 0 Å². The van der Waals surface area contributed by atoms with Crippen molar-refractivity contribution in [1.82, 2.24) is 9.88 Å². The van der Waals surface area contributed by atoms with Crippen LogP contribution < -0.4 is 0 Å². The zero-order valence-corrected chi connectivity index (χ0v) is 21.1. The molecule has 0 amide bonds. The molecule has 5 aliphatic rings. The molecule has 3 heterocycles. The summed E-state index contributed by atoms with van der Waals surface area (Å²) in [6.07, 6.45) is 18.0. The molecule has 1 aromatic heterocycles. The molecule has 2 aliphatic heterocycles. The molecule has 4 heteroatoms. The summed E-state index contributed by atoms with van der Waals surface area (Å²) in [6, 6.07) is 9.55. The summed E-state index contributed by atoms with van der Waals surface area (Å²) in [4.78, 5) is 6.60. The van der Waals surface area contributed by atoms with Gasteiger partial charge < -0.3 is 9.64 Å². The predicted octanol–water partition coefficient (Wildman–Crippen LogP) is 6.75. The Morgan fingerprint density at radius 1 is 1.14 bits per heavy atom. The molecule has 2 unspecified atom stereocenters. The van der Waals surface area contributed by atoms with E-state index in [1.165, 1.54) is 40.3 Å². The maximum Gasteiger partial charge on any atom is 0.102 e. The number of hydrogen-bond acceptors (Lipinski definition) is 3. The third-order valence-electron chi connectivity index (χ3n) is 10.8. The summed E-state index contributed by atoms with van der Waals surface area (Å²) >= 11 is 0. The summed E-state index contributed by atoms with van der Waals surface area (Å²) in [7, 11) is 2.09. The Bertz CT molecular complexity index is 1240. The minimum atomic E-state index is -0.271. The van der Waals surface area contributed by atoms with Crippen molar-refractivity contribution in [2.75, 3.05) is 20.3 Å². The van der Waals surface area contributed by atoms with Gasteiger partial charge in [0, 0.05) is 30.4 Å². The van der Waals surface area contributed by atoms with Crippen molar-refractivity contribution in [2.24, 2.45) is 11.3 Å². The maximum atomic E-state index is 13.1. The van der Waals surface area contributed by atoms with E-state index in [4.69, 9.17) is 4.74 Å². The lowest BCUT2D eigenvalue weighted by atomic mass is 9.58. The van der Waals surface area contributed by atoms with Gasteiger partial charge in [0.2, 0.25) is 0 Å². The average Bonchev–Trinajstić information content (AvgIpc) is 3.38. The van der Waals surface area contributed by atoms with Gasteiger partial charge in [-0.25, -0.2) is 4.39 Å². The van der Waals surface area contributed by atoms with Crippen molar-refractivity contribution in [3.63, 3.8) is 0 Å². The fourth-order valence-corrected chi connectivity index (χ4v) is 8.94. The van der Waals surface area contributed by atoms with Crippen LogP contribution in [-0.2, 0) is 4.74 Å². The van der Waals surface area contributed by atoms with Crippen LogP contribution in [0.4, 0.5) is 4.39 Å². The van der Waals surface area contributed by atoms with Crippen molar-refractivity contribution in [1.29, 1.82) is 0 Å². The summed E-state index contributed by atoms with van der Waals surface area (Å²) in [5, 5.41) is 2.51. The Morgan fingerprint density at radius 3 is 2.94 bits per heavy atom. The molecule has 3 fully saturated rings. The molecule has 7 rings (SSSR count). The highest BCUT2D eigenvalue weighted by molar-refractivity contribution is 5.82. The van der Waals surface area contributed by atoms with E-state index in [9.17, 15) is 4.39 Å². The SMILES string of the molecule is CN(CCF)[C@@H]1CCC2=CC3=CC[C@]4(C)C(c5ccc6ccncc6c5)CC[C@H]4[C@@]34CCC2(C1)O4. The summed E-state index contributed by atoms with van der Waals surface area (Å²) in [5.74, 6) is 1.09. The highest BCUT2D eigenvalue weighted by Crippen LogP contribution is 2.69. The van der Waals surface area contributed by atoms with Crippen LogP contribution in [0.3, 0.4) is 0 Å².